The van der Waals surface area contributed by atoms with Crippen LogP contribution in [0.3, 0.4) is 0 Å². The first kappa shape index (κ1) is 31.5. The maximum Gasteiger partial charge on any atom is -0.00201 e. The molecular formula is C55H36. The predicted octanol–water partition coefficient (Wildman–Crippen LogP) is 15.6. The summed E-state index contributed by atoms with van der Waals surface area (Å²) in [5.41, 5.74) is 11.4. The lowest BCUT2D eigenvalue weighted by atomic mass is 9.82. The van der Waals surface area contributed by atoms with E-state index in [1.807, 2.05) is 0 Å². The van der Waals surface area contributed by atoms with Crippen molar-refractivity contribution >= 4 is 64.6 Å². The number of aryl methyl sites for hydroxylation is 1. The van der Waals surface area contributed by atoms with E-state index < -0.39 is 0 Å². The number of hydrogen-bond donors (Lipinski definition) is 0. The summed E-state index contributed by atoms with van der Waals surface area (Å²) in [6, 6.07) is 74.2. The maximum absolute atomic E-state index is 2.45. The van der Waals surface area contributed by atoms with Crippen LogP contribution in [0.25, 0.3) is 109 Å². The van der Waals surface area contributed by atoms with Crippen molar-refractivity contribution < 1.29 is 0 Å². The molecule has 0 heteroatoms. The molecule has 0 radical (unpaired) electrons. The van der Waals surface area contributed by atoms with Crippen LogP contribution in [-0.4, -0.2) is 0 Å². The fourth-order valence-electron chi connectivity index (χ4n) is 9.42. The Labute approximate surface area is 320 Å². The molecule has 0 fully saturated rings. The van der Waals surface area contributed by atoms with Gasteiger partial charge in [-0.3, -0.25) is 0 Å². The number of fused-ring (bicyclic) bond motifs is 6. The molecule has 0 aromatic heterocycles. The van der Waals surface area contributed by atoms with Gasteiger partial charge >= 0.3 is 0 Å². The largest absolute Gasteiger partial charge is 0.0616 e. The summed E-state index contributed by atoms with van der Waals surface area (Å²) in [5.74, 6) is 0. The summed E-state index contributed by atoms with van der Waals surface area (Å²) in [5, 5.41) is 15.2. The third kappa shape index (κ3) is 4.92. The summed E-state index contributed by atoms with van der Waals surface area (Å²) in [4.78, 5) is 0. The van der Waals surface area contributed by atoms with Gasteiger partial charge in [0, 0.05) is 0 Å². The van der Waals surface area contributed by atoms with Crippen LogP contribution in [0.1, 0.15) is 5.56 Å². The van der Waals surface area contributed by atoms with Crippen LogP contribution in [0, 0.1) is 6.92 Å². The zero-order valence-corrected chi connectivity index (χ0v) is 30.6. The van der Waals surface area contributed by atoms with E-state index in [-0.39, 0.29) is 0 Å². The maximum atomic E-state index is 2.45. The molecule has 0 aliphatic rings. The Morgan fingerprint density at radius 2 is 0.509 bits per heavy atom. The van der Waals surface area contributed by atoms with Gasteiger partial charge in [0.25, 0.3) is 0 Å². The lowest BCUT2D eigenvalue weighted by Crippen LogP contribution is -1.94. The molecule has 0 amide bonds. The molecule has 0 saturated carbocycles. The second-order valence-electron chi connectivity index (χ2n) is 14.8. The summed E-state index contributed by atoms with van der Waals surface area (Å²) < 4.78 is 0. The lowest BCUT2D eigenvalue weighted by Gasteiger charge is -2.21. The molecule has 0 nitrogen and oxygen atoms in total. The van der Waals surface area contributed by atoms with Gasteiger partial charge in [-0.25, -0.2) is 0 Å². The minimum atomic E-state index is 1.23. The highest BCUT2D eigenvalue weighted by molar-refractivity contribution is 6.26. The summed E-state index contributed by atoms with van der Waals surface area (Å²) in [6.45, 7) is 2.25. The SMILES string of the molecule is Cc1cc(-c2c3ccccc3c(-c3cccc4ccccc34)c3ccccc23)cc(-c2c3ccccc3c(-c3cccc4ccccc34)c3ccccc23)c1. The second kappa shape index (κ2) is 12.5. The molecule has 0 aliphatic carbocycles. The topological polar surface area (TPSA) is 0 Å². The van der Waals surface area contributed by atoms with Crippen LogP contribution in [0.2, 0.25) is 0 Å². The third-order valence-corrected chi connectivity index (χ3v) is 11.6. The van der Waals surface area contributed by atoms with Crippen molar-refractivity contribution in [2.24, 2.45) is 0 Å². The van der Waals surface area contributed by atoms with E-state index in [0.717, 1.165) is 0 Å². The van der Waals surface area contributed by atoms with E-state index in [2.05, 4.69) is 207 Å². The smallest absolute Gasteiger partial charge is 0.00201 e. The first-order chi connectivity index (χ1) is 27.2. The van der Waals surface area contributed by atoms with Gasteiger partial charge in [-0.05, 0) is 128 Å². The van der Waals surface area contributed by atoms with Crippen LogP contribution in [0.15, 0.2) is 200 Å². The zero-order valence-electron chi connectivity index (χ0n) is 30.6. The number of rotatable bonds is 4. The Morgan fingerprint density at radius 1 is 0.236 bits per heavy atom. The third-order valence-electron chi connectivity index (χ3n) is 11.6. The quantitative estimate of drug-likeness (QED) is 0.161. The average molecular weight is 697 g/mol. The summed E-state index contributed by atoms with van der Waals surface area (Å²) >= 11 is 0. The Hall–Kier alpha value is -7.02. The molecule has 0 saturated heterocycles. The molecule has 0 heterocycles. The van der Waals surface area contributed by atoms with Gasteiger partial charge in [-0.1, -0.05) is 194 Å². The van der Waals surface area contributed by atoms with E-state index in [1.165, 1.54) is 115 Å². The van der Waals surface area contributed by atoms with Crippen molar-refractivity contribution in [1.29, 1.82) is 0 Å². The normalized spacial score (nSPS) is 11.7. The van der Waals surface area contributed by atoms with Crippen molar-refractivity contribution in [1.82, 2.24) is 0 Å². The molecule has 0 bridgehead atoms. The number of hydrogen-bond acceptors (Lipinski definition) is 0. The molecule has 0 unspecified atom stereocenters. The van der Waals surface area contributed by atoms with Gasteiger partial charge in [0.05, 0.1) is 0 Å². The van der Waals surface area contributed by atoms with E-state index >= 15 is 0 Å². The minimum Gasteiger partial charge on any atom is -0.0616 e. The summed E-state index contributed by atoms with van der Waals surface area (Å²) in [6.07, 6.45) is 0. The zero-order chi connectivity index (χ0) is 36.5. The van der Waals surface area contributed by atoms with Crippen LogP contribution in [-0.2, 0) is 0 Å². The van der Waals surface area contributed by atoms with Crippen molar-refractivity contribution in [3.63, 3.8) is 0 Å². The molecule has 0 spiro atoms. The van der Waals surface area contributed by atoms with Gasteiger partial charge in [-0.2, -0.15) is 0 Å². The second-order valence-corrected chi connectivity index (χ2v) is 14.8. The first-order valence-corrected chi connectivity index (χ1v) is 19.2. The Balaban J connectivity index is 1.21. The summed E-state index contributed by atoms with van der Waals surface area (Å²) in [7, 11) is 0. The van der Waals surface area contributed by atoms with Crippen molar-refractivity contribution in [2.45, 2.75) is 6.92 Å². The molecule has 11 aromatic carbocycles. The highest BCUT2D eigenvalue weighted by Crippen LogP contribution is 2.49. The molecule has 55 heavy (non-hydrogen) atoms. The molecule has 0 atom stereocenters. The molecule has 0 N–H and O–H groups in total. The van der Waals surface area contributed by atoms with Crippen LogP contribution in [0.5, 0.6) is 0 Å². The van der Waals surface area contributed by atoms with Gasteiger partial charge in [0.15, 0.2) is 0 Å². The Bertz CT molecular complexity index is 2980. The van der Waals surface area contributed by atoms with Crippen molar-refractivity contribution in [3.8, 4) is 44.5 Å². The van der Waals surface area contributed by atoms with Crippen molar-refractivity contribution in [3.05, 3.63) is 206 Å². The fourth-order valence-corrected chi connectivity index (χ4v) is 9.42. The monoisotopic (exact) mass is 696 g/mol. The van der Waals surface area contributed by atoms with Crippen LogP contribution >= 0.6 is 0 Å². The van der Waals surface area contributed by atoms with E-state index in [4.69, 9.17) is 0 Å². The van der Waals surface area contributed by atoms with E-state index in [1.54, 1.807) is 0 Å². The predicted molar refractivity (Wildman–Crippen MR) is 238 cm³/mol. The van der Waals surface area contributed by atoms with E-state index in [0.29, 0.717) is 0 Å². The average Bonchev–Trinajstić information content (AvgIpc) is 3.24. The van der Waals surface area contributed by atoms with Crippen LogP contribution in [0.4, 0.5) is 0 Å². The highest BCUT2D eigenvalue weighted by atomic mass is 14.2. The number of benzene rings is 11. The Morgan fingerprint density at radius 3 is 0.855 bits per heavy atom. The van der Waals surface area contributed by atoms with Gasteiger partial charge in [0.2, 0.25) is 0 Å². The molecule has 11 aromatic rings. The minimum absolute atomic E-state index is 1.23. The molecule has 0 aliphatic heterocycles. The highest BCUT2D eigenvalue weighted by Gasteiger charge is 2.21. The standard InChI is InChI=1S/C55H36/c1-35-32-38(52-44-22-6-10-26-48(44)54(49-27-11-7-23-45(49)52)42-30-14-18-36-16-2-4-20-40(36)42)34-39(33-35)53-46-24-8-12-28-50(46)55(51-29-13-9-25-47(51)53)43-31-15-19-37-17-3-5-21-41(37)43/h2-34H,1H3. The van der Waals surface area contributed by atoms with Crippen molar-refractivity contribution in [2.75, 3.05) is 0 Å². The lowest BCUT2D eigenvalue weighted by molar-refractivity contribution is 1.47. The van der Waals surface area contributed by atoms with Gasteiger partial charge in [-0.15, -0.1) is 0 Å². The molecule has 11 rings (SSSR count). The van der Waals surface area contributed by atoms with Gasteiger partial charge in [0.1, 0.15) is 0 Å². The van der Waals surface area contributed by atoms with Crippen LogP contribution < -0.4 is 0 Å². The fraction of sp³-hybridized carbons (Fsp3) is 0.0182. The van der Waals surface area contributed by atoms with E-state index in [9.17, 15) is 0 Å². The molecule has 256 valence electrons. The molecular weight excluding hydrogens is 661 g/mol. The first-order valence-electron chi connectivity index (χ1n) is 19.2. The van der Waals surface area contributed by atoms with Gasteiger partial charge < -0.3 is 0 Å². The Kier molecular flexibility index (Phi) is 7.19.